The molecule has 1 fully saturated rings. The van der Waals surface area contributed by atoms with Gasteiger partial charge in [-0.25, -0.2) is 0 Å². The quantitative estimate of drug-likeness (QED) is 0.925. The van der Waals surface area contributed by atoms with E-state index in [1.54, 1.807) is 11.8 Å². The van der Waals surface area contributed by atoms with E-state index in [2.05, 4.69) is 5.10 Å². The molecule has 2 N–H and O–H groups in total. The lowest BCUT2D eigenvalue weighted by Gasteiger charge is -2.40. The second-order valence-corrected chi connectivity index (χ2v) is 5.98. The van der Waals surface area contributed by atoms with Gasteiger partial charge in [0, 0.05) is 25.8 Å². The second kappa shape index (κ2) is 5.81. The van der Waals surface area contributed by atoms with E-state index in [0.717, 1.165) is 30.5 Å². The Morgan fingerprint density at radius 1 is 1.42 bits per heavy atom. The molecule has 19 heavy (non-hydrogen) atoms. The Morgan fingerprint density at radius 3 is 2.53 bits per heavy atom. The minimum atomic E-state index is -0.191. The highest BCUT2D eigenvalue weighted by molar-refractivity contribution is 6.30. The molecule has 0 aromatic carbocycles. The van der Waals surface area contributed by atoms with Gasteiger partial charge in [0.15, 0.2) is 0 Å². The van der Waals surface area contributed by atoms with E-state index in [1.807, 2.05) is 14.0 Å². The maximum atomic E-state index is 6.45. The summed E-state index contributed by atoms with van der Waals surface area (Å²) in [4.78, 5) is 0. The molecular formula is C14H24ClN3O. The van der Waals surface area contributed by atoms with Gasteiger partial charge in [-0.2, -0.15) is 5.10 Å². The molecule has 0 amide bonds. The maximum Gasteiger partial charge on any atom is 0.130 e. The Hall–Kier alpha value is -0.580. The van der Waals surface area contributed by atoms with E-state index in [9.17, 15) is 0 Å². The highest BCUT2D eigenvalue weighted by Crippen LogP contribution is 2.35. The van der Waals surface area contributed by atoms with Crippen LogP contribution in [-0.2, 0) is 18.2 Å². The molecule has 1 aliphatic carbocycles. The van der Waals surface area contributed by atoms with Gasteiger partial charge in [-0.1, -0.05) is 30.9 Å². The smallest absolute Gasteiger partial charge is 0.130 e. The summed E-state index contributed by atoms with van der Waals surface area (Å²) in [6.45, 7) is 1.98. The van der Waals surface area contributed by atoms with Gasteiger partial charge in [-0.15, -0.1) is 0 Å². The summed E-state index contributed by atoms with van der Waals surface area (Å²) in [5.74, 6) is 0. The molecule has 0 aliphatic heterocycles. The van der Waals surface area contributed by atoms with Gasteiger partial charge in [-0.3, -0.25) is 4.68 Å². The van der Waals surface area contributed by atoms with Crippen molar-refractivity contribution in [3.63, 3.8) is 0 Å². The Bertz CT molecular complexity index is 438. The molecule has 1 atom stereocenters. The summed E-state index contributed by atoms with van der Waals surface area (Å²) in [6, 6.07) is -0.0294. The normalized spacial score (nSPS) is 20.5. The van der Waals surface area contributed by atoms with Crippen LogP contribution in [0.2, 0.25) is 5.15 Å². The third-order valence-electron chi connectivity index (χ3n) is 4.48. The number of ether oxygens (including phenoxy) is 1. The van der Waals surface area contributed by atoms with Crippen LogP contribution >= 0.6 is 11.6 Å². The molecular weight excluding hydrogens is 262 g/mol. The zero-order chi connectivity index (χ0) is 14.0. The summed E-state index contributed by atoms with van der Waals surface area (Å²) in [5, 5.41) is 5.04. The predicted octanol–water partition coefficient (Wildman–Crippen LogP) is 2.60. The first kappa shape index (κ1) is 14.8. The lowest BCUT2D eigenvalue weighted by atomic mass is 9.77. The largest absolute Gasteiger partial charge is 0.377 e. The number of aryl methyl sites for hydroxylation is 2. The molecule has 1 unspecified atom stereocenters. The Labute approximate surface area is 120 Å². The Balaban J connectivity index is 2.17. The summed E-state index contributed by atoms with van der Waals surface area (Å²) in [6.07, 6.45) is 6.49. The van der Waals surface area contributed by atoms with Crippen LogP contribution < -0.4 is 5.73 Å². The van der Waals surface area contributed by atoms with Gasteiger partial charge in [0.1, 0.15) is 5.15 Å². The first-order valence-electron chi connectivity index (χ1n) is 6.99. The SMILES string of the molecule is COC1(C(N)Cc2c(C)nn(C)c2Cl)CCCCC1. The molecule has 108 valence electrons. The molecule has 1 heterocycles. The van der Waals surface area contributed by atoms with Crippen molar-refractivity contribution in [2.45, 2.75) is 57.1 Å². The maximum absolute atomic E-state index is 6.45. The lowest BCUT2D eigenvalue weighted by Crippen LogP contribution is -2.52. The first-order chi connectivity index (χ1) is 9.00. The molecule has 1 aromatic heterocycles. The van der Waals surface area contributed by atoms with Gasteiger partial charge in [0.05, 0.1) is 11.3 Å². The van der Waals surface area contributed by atoms with Crippen LogP contribution in [0.3, 0.4) is 0 Å². The minimum absolute atomic E-state index is 0.0294. The average Bonchev–Trinajstić information content (AvgIpc) is 2.66. The second-order valence-electron chi connectivity index (χ2n) is 5.62. The molecule has 1 aliphatic rings. The van der Waals surface area contributed by atoms with E-state index < -0.39 is 0 Å². The van der Waals surface area contributed by atoms with Crippen molar-refractivity contribution in [2.24, 2.45) is 12.8 Å². The molecule has 1 saturated carbocycles. The predicted molar refractivity (Wildman–Crippen MR) is 77.5 cm³/mol. The zero-order valence-electron chi connectivity index (χ0n) is 12.1. The monoisotopic (exact) mass is 285 g/mol. The lowest BCUT2D eigenvalue weighted by molar-refractivity contribution is -0.0583. The third kappa shape index (κ3) is 2.81. The standard InChI is InChI=1S/C14H24ClN3O/c1-10-11(13(15)18(2)17-10)9-12(16)14(19-3)7-5-4-6-8-14/h12H,4-9,16H2,1-3H3. The van der Waals surface area contributed by atoms with E-state index in [4.69, 9.17) is 22.1 Å². The zero-order valence-corrected chi connectivity index (χ0v) is 12.8. The van der Waals surface area contributed by atoms with Crippen molar-refractivity contribution in [3.8, 4) is 0 Å². The van der Waals surface area contributed by atoms with Crippen LogP contribution in [0.5, 0.6) is 0 Å². The average molecular weight is 286 g/mol. The number of hydrogen-bond donors (Lipinski definition) is 1. The number of nitrogens with two attached hydrogens (primary N) is 1. The number of hydrogen-bond acceptors (Lipinski definition) is 3. The molecule has 0 radical (unpaired) electrons. The van der Waals surface area contributed by atoms with Crippen molar-refractivity contribution in [3.05, 3.63) is 16.4 Å². The van der Waals surface area contributed by atoms with Gasteiger partial charge >= 0.3 is 0 Å². The van der Waals surface area contributed by atoms with Gasteiger partial charge in [0.25, 0.3) is 0 Å². The number of aromatic nitrogens is 2. The molecule has 1 aromatic rings. The fraction of sp³-hybridized carbons (Fsp3) is 0.786. The first-order valence-corrected chi connectivity index (χ1v) is 7.36. The van der Waals surface area contributed by atoms with Crippen LogP contribution in [-0.4, -0.2) is 28.5 Å². The highest BCUT2D eigenvalue weighted by Gasteiger charge is 2.38. The summed E-state index contributed by atoms with van der Waals surface area (Å²) in [7, 11) is 3.64. The summed E-state index contributed by atoms with van der Waals surface area (Å²) >= 11 is 6.29. The van der Waals surface area contributed by atoms with Crippen LogP contribution in [0.15, 0.2) is 0 Å². The number of rotatable bonds is 4. The van der Waals surface area contributed by atoms with E-state index in [0.29, 0.717) is 5.15 Å². The van der Waals surface area contributed by atoms with E-state index >= 15 is 0 Å². The summed E-state index contributed by atoms with van der Waals surface area (Å²) < 4.78 is 7.51. The van der Waals surface area contributed by atoms with Gasteiger partial charge in [-0.05, 0) is 26.2 Å². The third-order valence-corrected chi connectivity index (χ3v) is 4.95. The van der Waals surface area contributed by atoms with Crippen molar-refractivity contribution in [1.82, 2.24) is 9.78 Å². The molecule has 5 heteroatoms. The fourth-order valence-corrected chi connectivity index (χ4v) is 3.44. The molecule has 4 nitrogen and oxygen atoms in total. The van der Waals surface area contributed by atoms with E-state index in [-0.39, 0.29) is 11.6 Å². The molecule has 0 saturated heterocycles. The van der Waals surface area contributed by atoms with E-state index in [1.165, 1.54) is 19.3 Å². The summed E-state index contributed by atoms with van der Waals surface area (Å²) in [5.41, 5.74) is 8.28. The van der Waals surface area contributed by atoms with Crippen molar-refractivity contribution >= 4 is 11.6 Å². The number of halogens is 1. The minimum Gasteiger partial charge on any atom is -0.377 e. The molecule has 2 rings (SSSR count). The van der Waals surface area contributed by atoms with Crippen molar-refractivity contribution in [1.29, 1.82) is 0 Å². The van der Waals surface area contributed by atoms with Crippen LogP contribution in [0, 0.1) is 6.92 Å². The number of nitrogens with zero attached hydrogens (tertiary/aromatic N) is 2. The fourth-order valence-electron chi connectivity index (χ4n) is 3.19. The van der Waals surface area contributed by atoms with Crippen LogP contribution in [0.1, 0.15) is 43.4 Å². The van der Waals surface area contributed by atoms with Crippen LogP contribution in [0.25, 0.3) is 0 Å². The van der Waals surface area contributed by atoms with Gasteiger partial charge in [0.2, 0.25) is 0 Å². The van der Waals surface area contributed by atoms with Crippen molar-refractivity contribution in [2.75, 3.05) is 7.11 Å². The number of methoxy groups -OCH3 is 1. The molecule has 0 spiro atoms. The topological polar surface area (TPSA) is 53.1 Å². The Morgan fingerprint density at radius 2 is 2.05 bits per heavy atom. The highest BCUT2D eigenvalue weighted by atomic mass is 35.5. The van der Waals surface area contributed by atoms with Gasteiger partial charge < -0.3 is 10.5 Å². The molecule has 0 bridgehead atoms. The van der Waals surface area contributed by atoms with Crippen LogP contribution in [0.4, 0.5) is 0 Å². The Kier molecular flexibility index (Phi) is 4.54. The van der Waals surface area contributed by atoms with Crippen molar-refractivity contribution < 1.29 is 4.74 Å².